The minimum Gasteiger partial charge on any atom is -0.334 e. The smallest absolute Gasteiger partial charge is 0.319 e. The van der Waals surface area contributed by atoms with Gasteiger partial charge in [-0.05, 0) is 29.8 Å². The Hall–Kier alpha value is -2.86. The van der Waals surface area contributed by atoms with Crippen molar-refractivity contribution >= 4 is 35.1 Å². The zero-order valence-electron chi connectivity index (χ0n) is 11.9. The van der Waals surface area contributed by atoms with Crippen molar-refractivity contribution in [3.8, 4) is 0 Å². The molecule has 0 radical (unpaired) electrons. The summed E-state index contributed by atoms with van der Waals surface area (Å²) in [6.07, 6.45) is 0. The van der Waals surface area contributed by atoms with Crippen LogP contribution in [0.15, 0.2) is 42.5 Å². The molecule has 6 nitrogen and oxygen atoms in total. The second kappa shape index (κ2) is 6.10. The van der Waals surface area contributed by atoms with E-state index in [2.05, 4.69) is 16.0 Å². The molecule has 1 aliphatic rings. The molecule has 116 valence electrons. The van der Waals surface area contributed by atoms with E-state index in [-0.39, 0.29) is 12.1 Å². The monoisotopic (exact) mass is 329 g/mol. The van der Waals surface area contributed by atoms with Gasteiger partial charge in [0.05, 0.1) is 11.1 Å². The highest BCUT2D eigenvalue weighted by atomic mass is 35.5. The molecule has 0 saturated heterocycles. The number of urea groups is 1. The summed E-state index contributed by atoms with van der Waals surface area (Å²) in [6.45, 7) is 0.273. The third kappa shape index (κ3) is 3.17. The predicted octanol–water partition coefficient (Wildman–Crippen LogP) is 2.55. The lowest BCUT2D eigenvalue weighted by atomic mass is 10.1. The quantitative estimate of drug-likeness (QED) is 0.756. The van der Waals surface area contributed by atoms with Crippen molar-refractivity contribution < 1.29 is 14.4 Å². The second-order valence-corrected chi connectivity index (χ2v) is 5.35. The van der Waals surface area contributed by atoms with Crippen LogP contribution >= 0.6 is 11.6 Å². The lowest BCUT2D eigenvalue weighted by Crippen LogP contribution is -2.28. The Morgan fingerprint density at radius 2 is 1.78 bits per heavy atom. The van der Waals surface area contributed by atoms with Crippen LogP contribution in [0.3, 0.4) is 0 Å². The van der Waals surface area contributed by atoms with E-state index >= 15 is 0 Å². The first-order valence-electron chi connectivity index (χ1n) is 6.82. The van der Waals surface area contributed by atoms with Crippen LogP contribution in [0.2, 0.25) is 5.02 Å². The SMILES string of the molecule is O=C(NCc1ccccc1Cl)Nc1ccc2c(c1)C(=O)NC2=O. The molecule has 4 amide bonds. The van der Waals surface area contributed by atoms with E-state index in [4.69, 9.17) is 11.6 Å². The lowest BCUT2D eigenvalue weighted by Gasteiger charge is -2.09. The number of carbonyl (C=O) groups is 3. The van der Waals surface area contributed by atoms with E-state index in [0.717, 1.165) is 5.56 Å². The first-order chi connectivity index (χ1) is 11.0. The molecule has 0 spiro atoms. The van der Waals surface area contributed by atoms with Crippen molar-refractivity contribution in [3.05, 3.63) is 64.2 Å². The zero-order valence-corrected chi connectivity index (χ0v) is 12.6. The van der Waals surface area contributed by atoms with Crippen molar-refractivity contribution in [3.63, 3.8) is 0 Å². The molecule has 0 aliphatic carbocycles. The van der Waals surface area contributed by atoms with Gasteiger partial charge in [0.25, 0.3) is 11.8 Å². The molecule has 0 saturated carbocycles. The van der Waals surface area contributed by atoms with Gasteiger partial charge in [-0.3, -0.25) is 14.9 Å². The topological polar surface area (TPSA) is 87.3 Å². The molecule has 1 heterocycles. The summed E-state index contributed by atoms with van der Waals surface area (Å²) in [5, 5.41) is 8.05. The number of hydrogen-bond acceptors (Lipinski definition) is 3. The van der Waals surface area contributed by atoms with Gasteiger partial charge in [-0.15, -0.1) is 0 Å². The highest BCUT2D eigenvalue weighted by molar-refractivity contribution is 6.31. The average Bonchev–Trinajstić information content (AvgIpc) is 2.81. The maximum Gasteiger partial charge on any atom is 0.319 e. The van der Waals surface area contributed by atoms with Crippen LogP contribution in [0.1, 0.15) is 26.3 Å². The van der Waals surface area contributed by atoms with Gasteiger partial charge in [-0.25, -0.2) is 4.79 Å². The van der Waals surface area contributed by atoms with Crippen molar-refractivity contribution in [1.82, 2.24) is 10.6 Å². The number of amides is 4. The number of halogens is 1. The van der Waals surface area contributed by atoms with Crippen LogP contribution in [-0.4, -0.2) is 17.8 Å². The number of imide groups is 1. The van der Waals surface area contributed by atoms with E-state index in [1.807, 2.05) is 18.2 Å². The Morgan fingerprint density at radius 3 is 2.57 bits per heavy atom. The minimum atomic E-state index is -0.467. The van der Waals surface area contributed by atoms with E-state index in [9.17, 15) is 14.4 Å². The molecule has 3 rings (SSSR count). The molecule has 1 aliphatic heterocycles. The zero-order chi connectivity index (χ0) is 16.4. The number of carbonyl (C=O) groups excluding carboxylic acids is 3. The first kappa shape index (κ1) is 15.1. The third-order valence-electron chi connectivity index (χ3n) is 3.39. The number of nitrogens with one attached hydrogen (secondary N) is 3. The standard InChI is InChI=1S/C16H12ClN3O3/c17-13-4-2-1-3-9(13)8-18-16(23)19-10-5-6-11-12(7-10)15(22)20-14(11)21/h1-7H,8H2,(H2,18,19,23)(H,20,21,22). The summed E-state index contributed by atoms with van der Waals surface area (Å²) in [5.74, 6) is -0.898. The van der Waals surface area contributed by atoms with Gasteiger partial charge < -0.3 is 10.6 Å². The highest BCUT2D eigenvalue weighted by Gasteiger charge is 2.26. The molecule has 2 aromatic rings. The highest BCUT2D eigenvalue weighted by Crippen LogP contribution is 2.20. The Kier molecular flexibility index (Phi) is 3.99. The van der Waals surface area contributed by atoms with Crippen molar-refractivity contribution in [2.24, 2.45) is 0 Å². The molecule has 2 aromatic carbocycles. The lowest BCUT2D eigenvalue weighted by molar-refractivity contribution is 0.0879. The summed E-state index contributed by atoms with van der Waals surface area (Å²) >= 11 is 6.01. The maximum atomic E-state index is 11.9. The number of rotatable bonds is 3. The van der Waals surface area contributed by atoms with Crippen LogP contribution in [0.5, 0.6) is 0 Å². The molecule has 23 heavy (non-hydrogen) atoms. The van der Waals surface area contributed by atoms with E-state index in [1.54, 1.807) is 12.1 Å². The number of hydrogen-bond donors (Lipinski definition) is 3. The van der Waals surface area contributed by atoms with Crippen LogP contribution < -0.4 is 16.0 Å². The summed E-state index contributed by atoms with van der Waals surface area (Å²) < 4.78 is 0. The molecule has 0 aromatic heterocycles. The van der Waals surface area contributed by atoms with Crippen molar-refractivity contribution in [1.29, 1.82) is 0 Å². The molecule has 7 heteroatoms. The van der Waals surface area contributed by atoms with E-state index in [0.29, 0.717) is 16.3 Å². The largest absolute Gasteiger partial charge is 0.334 e. The summed E-state index contributed by atoms with van der Waals surface area (Å²) in [5.41, 5.74) is 1.77. The number of anilines is 1. The van der Waals surface area contributed by atoms with Crippen LogP contribution in [0.25, 0.3) is 0 Å². The third-order valence-corrected chi connectivity index (χ3v) is 3.76. The maximum absolute atomic E-state index is 11.9. The van der Waals surface area contributed by atoms with Gasteiger partial charge in [-0.1, -0.05) is 29.8 Å². The molecule has 0 bridgehead atoms. The summed E-state index contributed by atoms with van der Waals surface area (Å²) in [4.78, 5) is 35.0. The fraction of sp³-hybridized carbons (Fsp3) is 0.0625. The van der Waals surface area contributed by atoms with Gasteiger partial charge in [0.2, 0.25) is 0 Å². The van der Waals surface area contributed by atoms with Gasteiger partial charge >= 0.3 is 6.03 Å². The van der Waals surface area contributed by atoms with Crippen molar-refractivity contribution in [2.75, 3.05) is 5.32 Å². The average molecular weight is 330 g/mol. The first-order valence-corrected chi connectivity index (χ1v) is 7.20. The molecule has 3 N–H and O–H groups in total. The molecule has 0 unspecified atom stereocenters. The minimum absolute atomic E-state index is 0.249. The van der Waals surface area contributed by atoms with E-state index < -0.39 is 17.8 Å². The fourth-order valence-corrected chi connectivity index (χ4v) is 2.44. The molecular formula is C16H12ClN3O3. The number of fused-ring (bicyclic) bond motifs is 1. The van der Waals surface area contributed by atoms with Crippen LogP contribution in [0.4, 0.5) is 10.5 Å². The predicted molar refractivity (Wildman–Crippen MR) is 85.5 cm³/mol. The van der Waals surface area contributed by atoms with Crippen molar-refractivity contribution in [2.45, 2.75) is 6.54 Å². The number of benzene rings is 2. The Labute approximate surface area is 136 Å². The molecule has 0 fully saturated rings. The Bertz CT molecular complexity index is 820. The van der Waals surface area contributed by atoms with E-state index in [1.165, 1.54) is 12.1 Å². The summed E-state index contributed by atoms with van der Waals surface area (Å²) in [7, 11) is 0. The second-order valence-electron chi connectivity index (χ2n) is 4.94. The van der Waals surface area contributed by atoms with Crippen LogP contribution in [0, 0.1) is 0 Å². The van der Waals surface area contributed by atoms with Gasteiger partial charge in [0, 0.05) is 17.3 Å². The summed E-state index contributed by atoms with van der Waals surface area (Å²) in [6, 6.07) is 11.3. The van der Waals surface area contributed by atoms with Gasteiger partial charge in [0.1, 0.15) is 0 Å². The van der Waals surface area contributed by atoms with Gasteiger partial charge in [-0.2, -0.15) is 0 Å². The molecule has 0 atom stereocenters. The Morgan fingerprint density at radius 1 is 1.04 bits per heavy atom. The molecular weight excluding hydrogens is 318 g/mol. The fourth-order valence-electron chi connectivity index (χ4n) is 2.24. The van der Waals surface area contributed by atoms with Crippen LogP contribution in [-0.2, 0) is 6.54 Å². The Balaban J connectivity index is 1.65. The van der Waals surface area contributed by atoms with Gasteiger partial charge in [0.15, 0.2) is 0 Å². The normalized spacial score (nSPS) is 12.6.